The van der Waals surface area contributed by atoms with Gasteiger partial charge in [0.15, 0.2) is 0 Å². The Kier molecular flexibility index (Phi) is 4.98. The molecule has 4 N–H and O–H groups in total. The first kappa shape index (κ1) is 13.5. The van der Waals surface area contributed by atoms with Crippen LogP contribution in [-0.2, 0) is 9.78 Å². The van der Waals surface area contributed by atoms with Crippen molar-refractivity contribution in [3.8, 4) is 0 Å². The molecule has 1 heterocycles. The molecular weight excluding hydrogens is 232 g/mol. The molecule has 2 amide bonds. The number of nitrogens with two attached hydrogens (primary N) is 1. The summed E-state index contributed by atoms with van der Waals surface area (Å²) in [6.45, 7) is 0.0843. The molecule has 1 saturated heterocycles. The number of rotatable bonds is 3. The molecule has 0 bridgehead atoms. The van der Waals surface area contributed by atoms with E-state index in [-0.39, 0.29) is 19.1 Å². The van der Waals surface area contributed by atoms with Gasteiger partial charge in [-0.3, -0.25) is 0 Å². The first-order chi connectivity index (χ1) is 8.04. The fraction of sp³-hybridized carbons (Fsp3) is 0.778. The topological polar surface area (TPSA) is 122 Å². The van der Waals surface area contributed by atoms with Gasteiger partial charge in [0.25, 0.3) is 0 Å². The van der Waals surface area contributed by atoms with Crippen molar-refractivity contribution in [2.75, 3.05) is 13.2 Å². The molecule has 0 aliphatic carbocycles. The highest BCUT2D eigenvalue weighted by Crippen LogP contribution is 2.22. The Balaban J connectivity index is 2.44. The second-order valence-corrected chi connectivity index (χ2v) is 3.81. The number of aliphatic hydroxyl groups is 2. The lowest BCUT2D eigenvalue weighted by Crippen LogP contribution is -2.39. The van der Waals surface area contributed by atoms with E-state index in [1.807, 2.05) is 0 Å². The Hall–Kier alpha value is -1.54. The molecule has 1 fully saturated rings. The molecule has 8 nitrogen and oxygen atoms in total. The van der Waals surface area contributed by atoms with Crippen LogP contribution in [0.4, 0.5) is 9.59 Å². The summed E-state index contributed by atoms with van der Waals surface area (Å²) in [5, 5.41) is 18.0. The van der Waals surface area contributed by atoms with E-state index in [0.29, 0.717) is 13.0 Å². The van der Waals surface area contributed by atoms with Crippen molar-refractivity contribution >= 4 is 12.2 Å². The van der Waals surface area contributed by atoms with E-state index < -0.39 is 18.3 Å². The van der Waals surface area contributed by atoms with Crippen molar-refractivity contribution in [2.45, 2.75) is 31.4 Å². The van der Waals surface area contributed by atoms with Crippen LogP contribution in [0.15, 0.2) is 0 Å². The Bertz CT molecular complexity index is 285. The van der Waals surface area contributed by atoms with Gasteiger partial charge in [-0.1, -0.05) is 0 Å². The minimum absolute atomic E-state index is 0.235. The maximum Gasteiger partial charge on any atom is 0.453 e. The van der Waals surface area contributed by atoms with Crippen LogP contribution in [0.2, 0.25) is 0 Å². The molecule has 0 aromatic heterocycles. The van der Waals surface area contributed by atoms with E-state index in [1.54, 1.807) is 0 Å². The summed E-state index contributed by atoms with van der Waals surface area (Å²) in [4.78, 5) is 31.2. The first-order valence-electron chi connectivity index (χ1n) is 5.28. The summed E-state index contributed by atoms with van der Waals surface area (Å²) in [5.74, 6) is 0. The fourth-order valence-corrected chi connectivity index (χ4v) is 1.83. The average molecular weight is 248 g/mol. The molecule has 0 radical (unpaired) electrons. The average Bonchev–Trinajstić information content (AvgIpc) is 2.73. The summed E-state index contributed by atoms with van der Waals surface area (Å²) >= 11 is 0. The second-order valence-electron chi connectivity index (χ2n) is 3.81. The van der Waals surface area contributed by atoms with Crippen LogP contribution in [0.3, 0.4) is 0 Å². The summed E-state index contributed by atoms with van der Waals surface area (Å²) < 4.78 is 0. The predicted molar refractivity (Wildman–Crippen MR) is 54.6 cm³/mol. The zero-order chi connectivity index (χ0) is 12.8. The number of primary amides is 1. The normalized spacial score (nSPS) is 21.1. The van der Waals surface area contributed by atoms with Gasteiger partial charge in [0.05, 0.1) is 12.7 Å². The fourth-order valence-electron chi connectivity index (χ4n) is 1.83. The molecule has 2 atom stereocenters. The van der Waals surface area contributed by atoms with Gasteiger partial charge in [0, 0.05) is 12.6 Å². The zero-order valence-corrected chi connectivity index (χ0v) is 9.24. The summed E-state index contributed by atoms with van der Waals surface area (Å²) in [6.07, 6.45) is -1.20. The van der Waals surface area contributed by atoms with Crippen molar-refractivity contribution in [1.29, 1.82) is 0 Å². The van der Waals surface area contributed by atoms with Crippen LogP contribution in [0.5, 0.6) is 0 Å². The van der Waals surface area contributed by atoms with Crippen LogP contribution < -0.4 is 5.73 Å². The molecule has 17 heavy (non-hydrogen) atoms. The zero-order valence-electron chi connectivity index (χ0n) is 9.24. The minimum atomic E-state index is -1.20. The van der Waals surface area contributed by atoms with Crippen LogP contribution in [0.25, 0.3) is 0 Å². The number of nitrogens with zero attached hydrogens (tertiary/aromatic N) is 1. The number of carbonyl (C=O) groups is 2. The number of hydrogen-bond acceptors (Lipinski definition) is 6. The highest BCUT2D eigenvalue weighted by molar-refractivity contribution is 5.70. The van der Waals surface area contributed by atoms with E-state index in [4.69, 9.17) is 5.11 Å². The summed E-state index contributed by atoms with van der Waals surface area (Å²) in [5.41, 5.74) is 4.65. The van der Waals surface area contributed by atoms with Gasteiger partial charge in [-0.2, -0.15) is 0 Å². The quantitative estimate of drug-likeness (QED) is 0.450. The van der Waals surface area contributed by atoms with E-state index >= 15 is 0 Å². The maximum absolute atomic E-state index is 11.5. The first-order valence-corrected chi connectivity index (χ1v) is 5.28. The van der Waals surface area contributed by atoms with E-state index in [2.05, 4.69) is 15.5 Å². The lowest BCUT2D eigenvalue weighted by molar-refractivity contribution is -0.186. The highest BCUT2D eigenvalue weighted by atomic mass is 17.2. The molecule has 1 aliphatic rings. The van der Waals surface area contributed by atoms with E-state index in [0.717, 1.165) is 6.42 Å². The van der Waals surface area contributed by atoms with Gasteiger partial charge in [0.2, 0.25) is 0 Å². The third kappa shape index (κ3) is 4.08. The highest BCUT2D eigenvalue weighted by Gasteiger charge is 2.32. The largest absolute Gasteiger partial charge is 0.453 e. The van der Waals surface area contributed by atoms with Crippen molar-refractivity contribution in [3.05, 3.63) is 0 Å². The smallest absolute Gasteiger partial charge is 0.394 e. The summed E-state index contributed by atoms with van der Waals surface area (Å²) in [7, 11) is 0. The molecule has 0 saturated carbocycles. The number of likely N-dealkylation sites (tertiary alicyclic amines) is 1. The third-order valence-corrected chi connectivity index (χ3v) is 2.56. The van der Waals surface area contributed by atoms with Gasteiger partial charge in [-0.15, -0.1) is 0 Å². The van der Waals surface area contributed by atoms with E-state index in [1.165, 1.54) is 4.90 Å². The van der Waals surface area contributed by atoms with Gasteiger partial charge in [-0.25, -0.2) is 19.4 Å². The second kappa shape index (κ2) is 6.26. The van der Waals surface area contributed by atoms with Crippen LogP contribution in [0.1, 0.15) is 19.3 Å². The van der Waals surface area contributed by atoms with Crippen LogP contribution in [-0.4, -0.2) is 52.6 Å². The Morgan fingerprint density at radius 2 is 2.18 bits per heavy atom. The maximum atomic E-state index is 11.5. The van der Waals surface area contributed by atoms with Crippen LogP contribution in [0, 0.1) is 0 Å². The number of amides is 2. The van der Waals surface area contributed by atoms with Crippen LogP contribution >= 0.6 is 0 Å². The molecule has 1 rings (SSSR count). The molecule has 0 spiro atoms. The lowest BCUT2D eigenvalue weighted by atomic mass is 10.1. The molecular formula is C9H16N2O6. The monoisotopic (exact) mass is 248 g/mol. The molecule has 2 unspecified atom stereocenters. The van der Waals surface area contributed by atoms with Gasteiger partial charge >= 0.3 is 12.2 Å². The number of carbonyl (C=O) groups excluding carboxylic acids is 2. The van der Waals surface area contributed by atoms with Crippen molar-refractivity contribution < 1.29 is 29.6 Å². The van der Waals surface area contributed by atoms with Crippen molar-refractivity contribution in [3.63, 3.8) is 0 Å². The minimum Gasteiger partial charge on any atom is -0.394 e. The Morgan fingerprint density at radius 1 is 1.47 bits per heavy atom. The molecule has 98 valence electrons. The van der Waals surface area contributed by atoms with Crippen molar-refractivity contribution in [1.82, 2.24) is 4.90 Å². The number of aliphatic hydroxyl groups excluding tert-OH is 2. The molecule has 0 aromatic rings. The number of hydrogen-bond donors (Lipinski definition) is 3. The van der Waals surface area contributed by atoms with Gasteiger partial charge < -0.3 is 20.8 Å². The van der Waals surface area contributed by atoms with E-state index in [9.17, 15) is 14.7 Å². The SMILES string of the molecule is NC(=O)OOC(=O)N1CCCC1CC(O)CO. The summed E-state index contributed by atoms with van der Waals surface area (Å²) in [6, 6.07) is -0.235. The Labute approximate surface area is 97.8 Å². The molecule has 8 heteroatoms. The predicted octanol–water partition coefficient (Wildman–Crippen LogP) is -0.659. The lowest BCUT2D eigenvalue weighted by Gasteiger charge is -2.24. The standard InChI is InChI=1S/C9H16N2O6/c10-8(14)16-17-9(15)11-3-1-2-6(11)4-7(13)5-12/h6-7,12-13H,1-5H2,(H2,10,14). The molecule has 0 aromatic carbocycles. The van der Waals surface area contributed by atoms with Gasteiger partial charge in [-0.05, 0) is 19.3 Å². The third-order valence-electron chi connectivity index (χ3n) is 2.56. The Morgan fingerprint density at radius 3 is 2.76 bits per heavy atom. The molecule has 1 aliphatic heterocycles. The van der Waals surface area contributed by atoms with Gasteiger partial charge in [0.1, 0.15) is 0 Å². The van der Waals surface area contributed by atoms with Crippen molar-refractivity contribution in [2.24, 2.45) is 5.73 Å².